The SMILES string of the molecule is N#Cc1ccc(COC(=O)CC(NC(N)=O)c2cccc(Oc3ccccc3)c2)cc1. The van der Waals surface area contributed by atoms with Crippen molar-refractivity contribution in [2.45, 2.75) is 19.1 Å². The van der Waals surface area contributed by atoms with Gasteiger partial charge in [-0.25, -0.2) is 4.79 Å². The molecule has 0 fully saturated rings. The van der Waals surface area contributed by atoms with Gasteiger partial charge in [0.15, 0.2) is 0 Å². The minimum atomic E-state index is -0.751. The Kier molecular flexibility index (Phi) is 7.22. The Morgan fingerprint density at radius 2 is 1.68 bits per heavy atom. The fourth-order valence-electron chi connectivity index (χ4n) is 2.91. The van der Waals surface area contributed by atoms with Gasteiger partial charge in [0.2, 0.25) is 0 Å². The number of esters is 1. The predicted molar refractivity (Wildman–Crippen MR) is 114 cm³/mol. The van der Waals surface area contributed by atoms with E-state index in [1.165, 1.54) is 0 Å². The third kappa shape index (κ3) is 6.61. The molecule has 0 aliphatic heterocycles. The van der Waals surface area contributed by atoms with E-state index in [9.17, 15) is 9.59 Å². The van der Waals surface area contributed by atoms with Gasteiger partial charge in [-0.3, -0.25) is 4.79 Å². The molecule has 7 heteroatoms. The van der Waals surface area contributed by atoms with E-state index in [1.54, 1.807) is 48.5 Å². The summed E-state index contributed by atoms with van der Waals surface area (Å²) in [4.78, 5) is 23.9. The summed E-state index contributed by atoms with van der Waals surface area (Å²) in [5.74, 6) is 0.726. The summed E-state index contributed by atoms with van der Waals surface area (Å²) in [5.41, 5.74) is 7.24. The summed E-state index contributed by atoms with van der Waals surface area (Å²) in [6.45, 7) is 0.0605. The largest absolute Gasteiger partial charge is 0.461 e. The number of nitrogens with one attached hydrogen (secondary N) is 1. The lowest BCUT2D eigenvalue weighted by molar-refractivity contribution is -0.145. The Morgan fingerprint density at radius 3 is 2.35 bits per heavy atom. The minimum absolute atomic E-state index is 0.0605. The number of benzene rings is 3. The van der Waals surface area contributed by atoms with Crippen LogP contribution in [0.3, 0.4) is 0 Å². The fraction of sp³-hybridized carbons (Fsp3) is 0.125. The van der Waals surface area contributed by atoms with Gasteiger partial charge in [0.25, 0.3) is 0 Å². The molecule has 0 saturated carbocycles. The first kappa shape index (κ1) is 21.4. The van der Waals surface area contributed by atoms with Gasteiger partial charge in [-0.2, -0.15) is 5.26 Å². The highest BCUT2D eigenvalue weighted by atomic mass is 16.5. The summed E-state index contributed by atoms with van der Waals surface area (Å²) in [6, 6.07) is 23.7. The van der Waals surface area contributed by atoms with E-state index >= 15 is 0 Å². The number of nitriles is 1. The molecule has 3 aromatic carbocycles. The van der Waals surface area contributed by atoms with Gasteiger partial charge in [-0.15, -0.1) is 0 Å². The molecule has 3 aromatic rings. The molecule has 1 unspecified atom stereocenters. The third-order valence-corrected chi connectivity index (χ3v) is 4.41. The fourth-order valence-corrected chi connectivity index (χ4v) is 2.91. The third-order valence-electron chi connectivity index (χ3n) is 4.41. The highest BCUT2D eigenvalue weighted by Gasteiger charge is 2.19. The Balaban J connectivity index is 1.66. The normalized spacial score (nSPS) is 11.1. The van der Waals surface area contributed by atoms with E-state index in [-0.39, 0.29) is 13.0 Å². The number of primary amides is 1. The molecule has 0 aliphatic carbocycles. The lowest BCUT2D eigenvalue weighted by Crippen LogP contribution is -2.34. The Bertz CT molecular complexity index is 1080. The monoisotopic (exact) mass is 415 g/mol. The van der Waals surface area contributed by atoms with Gasteiger partial charge < -0.3 is 20.5 Å². The van der Waals surface area contributed by atoms with Crippen LogP contribution in [0.5, 0.6) is 11.5 Å². The number of carbonyl (C=O) groups is 2. The second-order valence-corrected chi connectivity index (χ2v) is 6.72. The van der Waals surface area contributed by atoms with Crippen LogP contribution in [0.4, 0.5) is 4.79 Å². The van der Waals surface area contributed by atoms with Crippen molar-refractivity contribution < 1.29 is 19.1 Å². The molecule has 2 amide bonds. The Labute approximate surface area is 180 Å². The average molecular weight is 415 g/mol. The van der Waals surface area contributed by atoms with Crippen molar-refractivity contribution in [2.24, 2.45) is 5.73 Å². The second-order valence-electron chi connectivity index (χ2n) is 6.72. The Morgan fingerprint density at radius 1 is 0.968 bits per heavy atom. The van der Waals surface area contributed by atoms with E-state index in [0.29, 0.717) is 22.6 Å². The van der Waals surface area contributed by atoms with E-state index in [1.807, 2.05) is 36.4 Å². The number of nitrogens with two attached hydrogens (primary N) is 1. The molecule has 0 heterocycles. The van der Waals surface area contributed by atoms with Gasteiger partial charge in [0.05, 0.1) is 24.1 Å². The van der Waals surface area contributed by atoms with Crippen molar-refractivity contribution in [1.29, 1.82) is 5.26 Å². The van der Waals surface area contributed by atoms with Crippen molar-refractivity contribution in [1.82, 2.24) is 5.32 Å². The number of rotatable bonds is 8. The van der Waals surface area contributed by atoms with Crippen LogP contribution >= 0.6 is 0 Å². The summed E-state index contributed by atoms with van der Waals surface area (Å²) < 4.78 is 11.1. The van der Waals surface area contributed by atoms with Crippen LogP contribution in [-0.4, -0.2) is 12.0 Å². The lowest BCUT2D eigenvalue weighted by Gasteiger charge is -2.18. The molecule has 3 N–H and O–H groups in total. The van der Waals surface area contributed by atoms with Crippen LogP contribution in [0.1, 0.15) is 29.2 Å². The van der Waals surface area contributed by atoms with E-state index in [2.05, 4.69) is 5.32 Å². The summed E-state index contributed by atoms with van der Waals surface area (Å²) in [5, 5.41) is 11.4. The standard InChI is InChI=1S/C24H21N3O4/c25-15-17-9-11-18(12-10-17)16-30-23(28)14-22(27-24(26)29)19-5-4-8-21(13-19)31-20-6-2-1-3-7-20/h1-13,22H,14,16H2,(H3,26,27,29). The quantitative estimate of drug-likeness (QED) is 0.535. The molecule has 0 radical (unpaired) electrons. The number of para-hydroxylation sites is 1. The molecule has 1 atom stereocenters. The average Bonchev–Trinajstić information content (AvgIpc) is 2.78. The zero-order valence-electron chi connectivity index (χ0n) is 16.7. The molecule has 0 aliphatic rings. The maximum Gasteiger partial charge on any atom is 0.312 e. The number of amides is 2. The number of urea groups is 1. The summed E-state index contributed by atoms with van der Waals surface area (Å²) in [6.07, 6.45) is -0.103. The van der Waals surface area contributed by atoms with E-state index in [0.717, 1.165) is 5.56 Å². The van der Waals surface area contributed by atoms with E-state index in [4.69, 9.17) is 20.5 Å². The van der Waals surface area contributed by atoms with Crippen LogP contribution < -0.4 is 15.8 Å². The van der Waals surface area contributed by atoms with Crippen molar-refractivity contribution in [2.75, 3.05) is 0 Å². The highest BCUT2D eigenvalue weighted by molar-refractivity contribution is 5.75. The van der Waals surface area contributed by atoms with Crippen molar-refractivity contribution >= 4 is 12.0 Å². The molecule has 7 nitrogen and oxygen atoms in total. The molecule has 0 spiro atoms. The first-order chi connectivity index (χ1) is 15.0. The number of nitrogens with zero attached hydrogens (tertiary/aromatic N) is 1. The molecule has 0 saturated heterocycles. The predicted octanol–water partition coefficient (Wildman–Crippen LogP) is 4.19. The van der Waals surface area contributed by atoms with Crippen LogP contribution in [0.25, 0.3) is 0 Å². The van der Waals surface area contributed by atoms with Gasteiger partial charge in [0.1, 0.15) is 18.1 Å². The van der Waals surface area contributed by atoms with Crippen molar-refractivity contribution in [3.8, 4) is 17.6 Å². The summed E-state index contributed by atoms with van der Waals surface area (Å²) >= 11 is 0. The number of carbonyl (C=O) groups excluding carboxylic acids is 2. The number of hydrogen-bond donors (Lipinski definition) is 2. The first-order valence-electron chi connectivity index (χ1n) is 9.57. The van der Waals surface area contributed by atoms with Crippen LogP contribution in [0.2, 0.25) is 0 Å². The van der Waals surface area contributed by atoms with Gasteiger partial charge in [0, 0.05) is 0 Å². The first-order valence-corrected chi connectivity index (χ1v) is 9.57. The smallest absolute Gasteiger partial charge is 0.312 e. The topological polar surface area (TPSA) is 114 Å². The van der Waals surface area contributed by atoms with Gasteiger partial charge in [-0.05, 0) is 47.5 Å². The highest BCUT2D eigenvalue weighted by Crippen LogP contribution is 2.26. The molecular weight excluding hydrogens is 394 g/mol. The zero-order chi connectivity index (χ0) is 22.1. The molecule has 31 heavy (non-hydrogen) atoms. The Hall–Kier alpha value is -4.31. The molecule has 156 valence electrons. The maximum atomic E-state index is 12.4. The molecule has 0 aromatic heterocycles. The van der Waals surface area contributed by atoms with Gasteiger partial charge >= 0.3 is 12.0 Å². The summed E-state index contributed by atoms with van der Waals surface area (Å²) in [7, 11) is 0. The van der Waals surface area contributed by atoms with E-state index < -0.39 is 18.0 Å². The maximum absolute atomic E-state index is 12.4. The molecular formula is C24H21N3O4. The van der Waals surface area contributed by atoms with Gasteiger partial charge in [-0.1, -0.05) is 42.5 Å². The lowest BCUT2D eigenvalue weighted by atomic mass is 10.0. The second kappa shape index (κ2) is 10.5. The van der Waals surface area contributed by atoms with Crippen LogP contribution in [-0.2, 0) is 16.1 Å². The van der Waals surface area contributed by atoms with Crippen LogP contribution in [0, 0.1) is 11.3 Å². The number of ether oxygens (including phenoxy) is 2. The minimum Gasteiger partial charge on any atom is -0.461 e. The van der Waals surface area contributed by atoms with Crippen molar-refractivity contribution in [3.05, 3.63) is 95.6 Å². The number of hydrogen-bond acceptors (Lipinski definition) is 5. The van der Waals surface area contributed by atoms with Crippen LogP contribution in [0.15, 0.2) is 78.9 Å². The molecule has 3 rings (SSSR count). The van der Waals surface area contributed by atoms with Crippen molar-refractivity contribution in [3.63, 3.8) is 0 Å². The zero-order valence-corrected chi connectivity index (χ0v) is 16.7. The molecule has 0 bridgehead atoms.